The fourth-order valence-corrected chi connectivity index (χ4v) is 1.32. The molecule has 0 radical (unpaired) electrons. The highest BCUT2D eigenvalue weighted by Gasteiger charge is 2.19. The van der Waals surface area contributed by atoms with Crippen LogP contribution in [0.2, 0.25) is 0 Å². The fourth-order valence-electron chi connectivity index (χ4n) is 1.32. The van der Waals surface area contributed by atoms with Gasteiger partial charge in [0, 0.05) is 0 Å². The highest BCUT2D eigenvalue weighted by molar-refractivity contribution is 5.23. The summed E-state index contributed by atoms with van der Waals surface area (Å²) in [5, 5.41) is 9.10. The summed E-state index contributed by atoms with van der Waals surface area (Å²) < 4.78 is 24.4. The van der Waals surface area contributed by atoms with Crippen molar-refractivity contribution in [3.8, 4) is 0 Å². The Kier molecular flexibility index (Phi) is 7.72. The Morgan fingerprint density at radius 1 is 1.35 bits per heavy atom. The molecule has 0 fully saturated rings. The Hall–Kier alpha value is -0.960. The molecule has 17 heavy (non-hydrogen) atoms. The van der Waals surface area contributed by atoms with Gasteiger partial charge in [-0.3, -0.25) is 0 Å². The van der Waals surface area contributed by atoms with Crippen molar-refractivity contribution in [3.05, 3.63) is 36.0 Å². The summed E-state index contributed by atoms with van der Waals surface area (Å²) in [6.45, 7) is 9.68. The Labute approximate surface area is 103 Å². The number of hydrogen-bond donors (Lipinski definition) is 1. The second kappa shape index (κ2) is 8.18. The normalized spacial score (nSPS) is 17.1. The first-order chi connectivity index (χ1) is 7.92. The molecule has 2 unspecified atom stereocenters. The number of aliphatic hydroxyl groups is 1. The first-order valence-corrected chi connectivity index (χ1v) is 5.85. The molecule has 0 aliphatic heterocycles. The maximum absolute atomic E-state index is 12.2. The molecular weight excluding hydrogens is 222 g/mol. The average Bonchev–Trinajstić information content (AvgIpc) is 2.32. The summed E-state index contributed by atoms with van der Waals surface area (Å²) in [6, 6.07) is 0. The fraction of sp³-hybridized carbons (Fsp3) is 0.571. The molecule has 0 saturated carbocycles. The van der Waals surface area contributed by atoms with Crippen LogP contribution in [-0.4, -0.2) is 17.6 Å². The van der Waals surface area contributed by atoms with E-state index in [2.05, 4.69) is 13.5 Å². The van der Waals surface area contributed by atoms with Crippen molar-refractivity contribution in [2.75, 3.05) is 0 Å². The van der Waals surface area contributed by atoms with Gasteiger partial charge >= 0.3 is 0 Å². The lowest BCUT2D eigenvalue weighted by Gasteiger charge is -2.13. The molecule has 3 heteroatoms. The summed E-state index contributed by atoms with van der Waals surface area (Å²) in [5.74, 6) is -0.224. The van der Waals surface area contributed by atoms with Crippen LogP contribution in [0.4, 0.5) is 8.78 Å². The van der Waals surface area contributed by atoms with E-state index in [1.807, 2.05) is 26.0 Å². The van der Waals surface area contributed by atoms with Gasteiger partial charge in [0.1, 0.15) is 6.10 Å². The van der Waals surface area contributed by atoms with Crippen LogP contribution in [0.25, 0.3) is 0 Å². The van der Waals surface area contributed by atoms with Gasteiger partial charge in [-0.1, -0.05) is 36.3 Å². The van der Waals surface area contributed by atoms with Gasteiger partial charge in [-0.2, -0.15) is 0 Å². The molecule has 1 nitrogen and oxygen atoms in total. The van der Waals surface area contributed by atoms with E-state index in [4.69, 9.17) is 5.11 Å². The Bertz CT molecular complexity index is 293. The lowest BCUT2D eigenvalue weighted by molar-refractivity contribution is -0.0120. The predicted molar refractivity (Wildman–Crippen MR) is 68.1 cm³/mol. The Morgan fingerprint density at radius 2 is 1.94 bits per heavy atom. The number of allylic oxidation sites excluding steroid dienone is 5. The van der Waals surface area contributed by atoms with E-state index in [1.165, 1.54) is 5.57 Å². The van der Waals surface area contributed by atoms with Gasteiger partial charge in [0.05, 0.1) is 0 Å². The second-order valence-electron chi connectivity index (χ2n) is 4.21. The molecule has 2 atom stereocenters. The van der Waals surface area contributed by atoms with Crippen molar-refractivity contribution in [1.82, 2.24) is 0 Å². The van der Waals surface area contributed by atoms with Crippen LogP contribution in [0.5, 0.6) is 0 Å². The monoisotopic (exact) mass is 244 g/mol. The zero-order valence-corrected chi connectivity index (χ0v) is 10.8. The number of halogens is 2. The summed E-state index contributed by atoms with van der Waals surface area (Å²) >= 11 is 0. The van der Waals surface area contributed by atoms with Gasteiger partial charge in [-0.05, 0) is 32.6 Å². The lowest BCUT2D eigenvalue weighted by Crippen LogP contribution is -2.19. The van der Waals surface area contributed by atoms with E-state index in [0.717, 1.165) is 12.0 Å². The molecule has 0 rings (SSSR count). The third kappa shape index (κ3) is 6.37. The van der Waals surface area contributed by atoms with Crippen molar-refractivity contribution in [2.45, 2.75) is 46.1 Å². The van der Waals surface area contributed by atoms with E-state index >= 15 is 0 Å². The van der Waals surface area contributed by atoms with Crippen LogP contribution in [0.15, 0.2) is 36.0 Å². The molecule has 0 aromatic carbocycles. The molecule has 0 spiro atoms. The third-order valence-electron chi connectivity index (χ3n) is 2.90. The van der Waals surface area contributed by atoms with Gasteiger partial charge in [0.15, 0.2) is 0 Å². The summed E-state index contributed by atoms with van der Waals surface area (Å²) in [4.78, 5) is 0. The molecule has 0 amide bonds. The minimum atomic E-state index is -2.69. The van der Waals surface area contributed by atoms with Crippen molar-refractivity contribution in [2.24, 2.45) is 5.92 Å². The molecule has 0 saturated heterocycles. The number of hydrogen-bond acceptors (Lipinski definition) is 1. The van der Waals surface area contributed by atoms with Crippen LogP contribution < -0.4 is 0 Å². The maximum Gasteiger partial charge on any atom is 0.264 e. The minimum absolute atomic E-state index is 0.0100. The standard InChI is InChI=1S/C14H22F2O/c1-5-10(3)11(4)7-8-12(6-2)9-13(17)14(15)16/h6-8,12-14,17H,2,5,9H2,1,3-4H3/b8-7?,11-10-. The van der Waals surface area contributed by atoms with Gasteiger partial charge in [0.25, 0.3) is 6.43 Å². The molecule has 1 N–H and O–H groups in total. The maximum atomic E-state index is 12.2. The number of alkyl halides is 2. The quantitative estimate of drug-likeness (QED) is 0.528. The molecule has 0 aromatic rings. The zero-order chi connectivity index (χ0) is 13.4. The summed E-state index contributed by atoms with van der Waals surface area (Å²) in [5.41, 5.74) is 2.39. The highest BCUT2D eigenvalue weighted by Crippen LogP contribution is 2.17. The van der Waals surface area contributed by atoms with Crippen molar-refractivity contribution < 1.29 is 13.9 Å². The van der Waals surface area contributed by atoms with Crippen LogP contribution >= 0.6 is 0 Å². The number of rotatable bonds is 7. The van der Waals surface area contributed by atoms with Gasteiger partial charge < -0.3 is 5.11 Å². The van der Waals surface area contributed by atoms with Gasteiger partial charge in [-0.15, -0.1) is 6.58 Å². The first kappa shape index (κ1) is 16.0. The first-order valence-electron chi connectivity index (χ1n) is 5.85. The molecule has 0 bridgehead atoms. The second-order valence-corrected chi connectivity index (χ2v) is 4.21. The molecule has 0 aliphatic rings. The molecule has 0 aliphatic carbocycles. The SMILES string of the molecule is C=CC(C=C/C(C)=C(/C)CC)CC(O)C(F)F. The van der Waals surface area contributed by atoms with Crippen LogP contribution in [0.3, 0.4) is 0 Å². The highest BCUT2D eigenvalue weighted by atomic mass is 19.3. The largest absolute Gasteiger partial charge is 0.387 e. The topological polar surface area (TPSA) is 20.2 Å². The van der Waals surface area contributed by atoms with Crippen molar-refractivity contribution in [3.63, 3.8) is 0 Å². The molecule has 0 heterocycles. The molecule has 98 valence electrons. The smallest absolute Gasteiger partial charge is 0.264 e. The van der Waals surface area contributed by atoms with Gasteiger partial charge in [0.2, 0.25) is 0 Å². The zero-order valence-electron chi connectivity index (χ0n) is 10.8. The minimum Gasteiger partial charge on any atom is -0.387 e. The van der Waals surface area contributed by atoms with E-state index in [9.17, 15) is 8.78 Å². The molecular formula is C14H22F2O. The van der Waals surface area contributed by atoms with E-state index in [1.54, 1.807) is 6.08 Å². The van der Waals surface area contributed by atoms with E-state index in [0.29, 0.717) is 0 Å². The van der Waals surface area contributed by atoms with Crippen molar-refractivity contribution in [1.29, 1.82) is 0 Å². The van der Waals surface area contributed by atoms with Crippen LogP contribution in [0, 0.1) is 5.92 Å². The van der Waals surface area contributed by atoms with E-state index < -0.39 is 12.5 Å². The summed E-state index contributed by atoms with van der Waals surface area (Å²) in [7, 11) is 0. The Morgan fingerprint density at radius 3 is 2.35 bits per heavy atom. The Balaban J connectivity index is 4.51. The molecule has 0 aromatic heterocycles. The van der Waals surface area contributed by atoms with Crippen LogP contribution in [0.1, 0.15) is 33.6 Å². The van der Waals surface area contributed by atoms with E-state index in [-0.39, 0.29) is 12.3 Å². The van der Waals surface area contributed by atoms with Crippen molar-refractivity contribution >= 4 is 0 Å². The summed E-state index contributed by atoms with van der Waals surface area (Å²) in [6.07, 6.45) is 2.00. The third-order valence-corrected chi connectivity index (χ3v) is 2.90. The van der Waals surface area contributed by atoms with Crippen LogP contribution in [-0.2, 0) is 0 Å². The number of aliphatic hydroxyl groups excluding tert-OH is 1. The van der Waals surface area contributed by atoms with Gasteiger partial charge in [-0.25, -0.2) is 8.78 Å². The predicted octanol–water partition coefficient (Wildman–Crippen LogP) is 4.11. The average molecular weight is 244 g/mol. The lowest BCUT2D eigenvalue weighted by atomic mass is 9.99.